The number of pyridine rings is 1. The predicted molar refractivity (Wildman–Crippen MR) is 138 cm³/mol. The van der Waals surface area contributed by atoms with E-state index in [0.29, 0.717) is 58.3 Å². The van der Waals surface area contributed by atoms with Crippen LogP contribution in [0.1, 0.15) is 17.5 Å². The van der Waals surface area contributed by atoms with Crippen molar-refractivity contribution in [1.29, 1.82) is 0 Å². The average Bonchev–Trinajstić information content (AvgIpc) is 3.44. The van der Waals surface area contributed by atoms with Crippen LogP contribution in [0.2, 0.25) is 0 Å². The highest BCUT2D eigenvalue weighted by Gasteiger charge is 2.32. The van der Waals surface area contributed by atoms with Crippen LogP contribution < -0.4 is 20.3 Å². The first-order valence-electron chi connectivity index (χ1n) is 10.9. The maximum atomic E-state index is 13.4. The number of anilines is 1. The van der Waals surface area contributed by atoms with Crippen molar-refractivity contribution in [3.05, 3.63) is 69.0 Å². The largest absolute Gasteiger partial charge is 0.454 e. The van der Waals surface area contributed by atoms with Gasteiger partial charge in [-0.15, -0.1) is 0 Å². The lowest BCUT2D eigenvalue weighted by molar-refractivity contribution is -0.122. The van der Waals surface area contributed by atoms with Gasteiger partial charge in [-0.25, -0.2) is 4.98 Å². The molecule has 2 aliphatic heterocycles. The Labute approximate surface area is 210 Å². The van der Waals surface area contributed by atoms with Gasteiger partial charge in [0.15, 0.2) is 11.5 Å². The zero-order valence-electron chi connectivity index (χ0n) is 18.9. The fourth-order valence-corrected chi connectivity index (χ4v) is 5.09. The number of hydrogen-bond acceptors (Lipinski definition) is 9. The molecular formula is C24H22N4O5S2. The molecule has 4 heterocycles. The predicted octanol–water partition coefficient (Wildman–Crippen LogP) is 3.27. The molecule has 0 radical (unpaired) electrons. The van der Waals surface area contributed by atoms with E-state index in [-0.39, 0.29) is 23.8 Å². The van der Waals surface area contributed by atoms with E-state index in [1.165, 1.54) is 21.1 Å². The third-order valence-electron chi connectivity index (χ3n) is 5.55. The van der Waals surface area contributed by atoms with E-state index >= 15 is 0 Å². The van der Waals surface area contributed by atoms with E-state index in [1.807, 2.05) is 24.3 Å². The van der Waals surface area contributed by atoms with Crippen molar-refractivity contribution in [2.24, 2.45) is 0 Å². The smallest absolute Gasteiger partial charge is 0.267 e. The number of thioether (sulfide) groups is 1. The van der Waals surface area contributed by atoms with Crippen molar-refractivity contribution in [2.45, 2.75) is 13.0 Å². The number of carbonyl (C=O) groups excluding carboxylic acids is 1. The zero-order chi connectivity index (χ0) is 24.4. The second kappa shape index (κ2) is 10.1. The van der Waals surface area contributed by atoms with E-state index < -0.39 is 0 Å². The lowest BCUT2D eigenvalue weighted by atomic mass is 10.2. The van der Waals surface area contributed by atoms with Gasteiger partial charge in [-0.3, -0.25) is 18.9 Å². The van der Waals surface area contributed by atoms with Crippen LogP contribution in [0, 0.1) is 0 Å². The Kier molecular flexibility index (Phi) is 6.71. The Morgan fingerprint density at radius 2 is 2.09 bits per heavy atom. The van der Waals surface area contributed by atoms with Gasteiger partial charge in [0.25, 0.3) is 11.5 Å². The first kappa shape index (κ1) is 23.3. The summed E-state index contributed by atoms with van der Waals surface area (Å²) in [5.74, 6) is 1.52. The molecule has 0 spiro atoms. The number of amides is 1. The first-order chi connectivity index (χ1) is 17.0. The molecule has 0 unspecified atom stereocenters. The molecule has 2 aromatic heterocycles. The molecule has 5 rings (SSSR count). The van der Waals surface area contributed by atoms with Crippen LogP contribution >= 0.6 is 24.0 Å². The molecule has 1 fully saturated rings. The molecule has 3 aromatic rings. The fourth-order valence-electron chi connectivity index (χ4n) is 3.80. The van der Waals surface area contributed by atoms with E-state index in [1.54, 1.807) is 31.5 Å². The molecule has 0 saturated carbocycles. The van der Waals surface area contributed by atoms with Crippen molar-refractivity contribution in [1.82, 2.24) is 14.3 Å². The molecule has 9 nitrogen and oxygen atoms in total. The van der Waals surface area contributed by atoms with Crippen LogP contribution in [0.4, 0.5) is 5.82 Å². The Morgan fingerprint density at radius 3 is 2.94 bits per heavy atom. The topological polar surface area (TPSA) is 94.4 Å². The van der Waals surface area contributed by atoms with Gasteiger partial charge in [-0.1, -0.05) is 36.1 Å². The molecule has 0 atom stereocenters. The lowest BCUT2D eigenvalue weighted by Gasteiger charge is -2.13. The number of carbonyl (C=O) groups is 1. The van der Waals surface area contributed by atoms with Crippen molar-refractivity contribution in [3.8, 4) is 11.5 Å². The summed E-state index contributed by atoms with van der Waals surface area (Å²) in [6, 6.07) is 11.0. The second-order valence-corrected chi connectivity index (χ2v) is 9.50. The summed E-state index contributed by atoms with van der Waals surface area (Å²) in [6.45, 7) is 1.58. The zero-order valence-corrected chi connectivity index (χ0v) is 20.5. The van der Waals surface area contributed by atoms with Gasteiger partial charge in [-0.2, -0.15) is 0 Å². The SMILES string of the molecule is COCCCN1C(=O)/C(=C/c2c(NCc3ccc4c(c3)OCO4)nc3ccccn3c2=O)SC1=S. The molecule has 1 amide bonds. The summed E-state index contributed by atoms with van der Waals surface area (Å²) in [5.41, 5.74) is 1.43. The number of methoxy groups -OCH3 is 1. The molecular weight excluding hydrogens is 488 g/mol. The normalized spacial score (nSPS) is 16.0. The van der Waals surface area contributed by atoms with Gasteiger partial charge in [0, 0.05) is 33.0 Å². The second-order valence-electron chi connectivity index (χ2n) is 7.83. The summed E-state index contributed by atoms with van der Waals surface area (Å²) in [7, 11) is 1.61. The van der Waals surface area contributed by atoms with Crippen molar-refractivity contribution >= 4 is 51.7 Å². The van der Waals surface area contributed by atoms with E-state index in [9.17, 15) is 9.59 Å². The number of ether oxygens (including phenoxy) is 3. The van der Waals surface area contributed by atoms with Crippen LogP contribution in [-0.4, -0.2) is 51.6 Å². The highest BCUT2D eigenvalue weighted by atomic mass is 32.2. The van der Waals surface area contributed by atoms with E-state index in [2.05, 4.69) is 10.3 Å². The number of benzene rings is 1. The molecule has 1 N–H and O–H groups in total. The summed E-state index contributed by atoms with van der Waals surface area (Å²) in [6.07, 6.45) is 3.89. The quantitative estimate of drug-likeness (QED) is 0.278. The van der Waals surface area contributed by atoms with Crippen LogP contribution in [0.5, 0.6) is 11.5 Å². The molecule has 0 aliphatic carbocycles. The van der Waals surface area contributed by atoms with E-state index in [0.717, 1.165) is 5.56 Å². The summed E-state index contributed by atoms with van der Waals surface area (Å²) in [4.78, 5) is 33.0. The number of aromatic nitrogens is 2. The van der Waals surface area contributed by atoms with Crippen LogP contribution in [-0.2, 0) is 16.1 Å². The van der Waals surface area contributed by atoms with Gasteiger partial charge in [0.1, 0.15) is 15.8 Å². The summed E-state index contributed by atoms with van der Waals surface area (Å²) in [5, 5.41) is 3.26. The molecule has 1 saturated heterocycles. The minimum Gasteiger partial charge on any atom is -0.454 e. The Morgan fingerprint density at radius 1 is 1.23 bits per heavy atom. The average molecular weight is 511 g/mol. The number of rotatable bonds is 8. The van der Waals surface area contributed by atoms with Crippen molar-refractivity contribution in [3.63, 3.8) is 0 Å². The van der Waals surface area contributed by atoms with Crippen molar-refractivity contribution in [2.75, 3.05) is 32.4 Å². The van der Waals surface area contributed by atoms with Gasteiger partial charge in [0.05, 0.1) is 10.5 Å². The third-order valence-corrected chi connectivity index (χ3v) is 6.92. The van der Waals surface area contributed by atoms with E-state index in [4.69, 9.17) is 26.4 Å². The van der Waals surface area contributed by atoms with Gasteiger partial charge in [-0.05, 0) is 42.3 Å². The summed E-state index contributed by atoms with van der Waals surface area (Å²) < 4.78 is 17.8. The van der Waals surface area contributed by atoms with Gasteiger partial charge in [0.2, 0.25) is 6.79 Å². The highest BCUT2D eigenvalue weighted by Crippen LogP contribution is 2.34. The molecule has 1 aromatic carbocycles. The van der Waals surface area contributed by atoms with Gasteiger partial charge < -0.3 is 19.5 Å². The Bertz CT molecular complexity index is 1400. The highest BCUT2D eigenvalue weighted by molar-refractivity contribution is 8.26. The van der Waals surface area contributed by atoms with Crippen molar-refractivity contribution < 1.29 is 19.0 Å². The minimum absolute atomic E-state index is 0.197. The maximum Gasteiger partial charge on any atom is 0.267 e. The number of hydrogen-bond donors (Lipinski definition) is 1. The number of thiocarbonyl (C=S) groups is 1. The Balaban J connectivity index is 1.48. The Hall–Kier alpha value is -3.41. The van der Waals surface area contributed by atoms with Gasteiger partial charge >= 0.3 is 0 Å². The monoisotopic (exact) mass is 510 g/mol. The molecule has 0 bridgehead atoms. The minimum atomic E-state index is -0.284. The first-order valence-corrected chi connectivity index (χ1v) is 12.2. The lowest BCUT2D eigenvalue weighted by Crippen LogP contribution is -2.29. The number of nitrogens with zero attached hydrogens (tertiary/aromatic N) is 3. The number of nitrogens with one attached hydrogen (secondary N) is 1. The summed E-state index contributed by atoms with van der Waals surface area (Å²) >= 11 is 6.59. The molecule has 180 valence electrons. The molecule has 11 heteroatoms. The third kappa shape index (κ3) is 4.75. The fraction of sp³-hybridized carbons (Fsp3) is 0.250. The molecule has 35 heavy (non-hydrogen) atoms. The van der Waals surface area contributed by atoms with Crippen LogP contribution in [0.3, 0.4) is 0 Å². The van der Waals surface area contributed by atoms with Crippen LogP contribution in [0.15, 0.2) is 52.3 Å². The number of fused-ring (bicyclic) bond motifs is 2. The van der Waals surface area contributed by atoms with Crippen LogP contribution in [0.25, 0.3) is 11.7 Å². The standard InChI is InChI=1S/C24H22N4O5S2/c1-31-10-4-9-28-23(30)19(35-24(28)34)12-16-21(26-20-5-2-3-8-27(20)22(16)29)25-13-15-6-7-17-18(11-15)33-14-32-17/h2-3,5-8,11-12,25H,4,9-10,13-14H2,1H3/b19-12-. The maximum absolute atomic E-state index is 13.4. The molecule has 2 aliphatic rings.